The van der Waals surface area contributed by atoms with Crippen molar-refractivity contribution < 1.29 is 5.11 Å². The second-order valence-corrected chi connectivity index (χ2v) is 5.35. The zero-order valence-corrected chi connectivity index (χ0v) is 11.8. The lowest BCUT2D eigenvalue weighted by Crippen LogP contribution is -2.32. The molecule has 1 aliphatic heterocycles. The smallest absolute Gasteiger partial charge is 0.0960 e. The summed E-state index contributed by atoms with van der Waals surface area (Å²) in [6, 6.07) is 20.4. The predicted octanol–water partition coefficient (Wildman–Crippen LogP) is 2.62. The second kappa shape index (κ2) is 5.37. The molecule has 20 heavy (non-hydrogen) atoms. The van der Waals surface area contributed by atoms with E-state index >= 15 is 0 Å². The molecule has 1 saturated heterocycles. The number of rotatable bonds is 2. The van der Waals surface area contributed by atoms with Gasteiger partial charge in [0, 0.05) is 14.1 Å². The zero-order valence-electron chi connectivity index (χ0n) is 11.8. The molecule has 0 aliphatic carbocycles. The second-order valence-electron chi connectivity index (χ2n) is 5.35. The number of likely N-dealkylation sites (N-methyl/N-ethyl adjacent to an activating group) is 2. The van der Waals surface area contributed by atoms with Crippen LogP contribution < -0.4 is 0 Å². The highest BCUT2D eigenvalue weighted by atomic mass is 16.3. The molecule has 3 rings (SSSR count). The minimum atomic E-state index is -0.449. The van der Waals surface area contributed by atoms with E-state index in [2.05, 4.69) is 34.3 Å². The van der Waals surface area contributed by atoms with Crippen molar-refractivity contribution in [1.82, 2.24) is 10.0 Å². The van der Waals surface area contributed by atoms with Crippen LogP contribution in [0.2, 0.25) is 0 Å². The van der Waals surface area contributed by atoms with Gasteiger partial charge in [-0.25, -0.2) is 10.0 Å². The summed E-state index contributed by atoms with van der Waals surface area (Å²) in [6.07, 6.45) is -0.449. The summed E-state index contributed by atoms with van der Waals surface area (Å²) in [7, 11) is 4.06. The highest BCUT2D eigenvalue weighted by Gasteiger charge is 2.44. The Morgan fingerprint density at radius 3 is 1.40 bits per heavy atom. The normalized spacial score (nSPS) is 27.9. The first-order valence-corrected chi connectivity index (χ1v) is 6.93. The van der Waals surface area contributed by atoms with Crippen LogP contribution in [0.5, 0.6) is 0 Å². The summed E-state index contributed by atoms with van der Waals surface area (Å²) in [4.78, 5) is 0. The molecule has 2 aromatic rings. The van der Waals surface area contributed by atoms with Gasteiger partial charge in [0.1, 0.15) is 0 Å². The van der Waals surface area contributed by atoms with Gasteiger partial charge in [0.05, 0.1) is 18.2 Å². The van der Waals surface area contributed by atoms with E-state index in [-0.39, 0.29) is 12.1 Å². The SMILES string of the molecule is CN1C(c2ccccc2)C(O)C(c2ccccc2)N1C. The largest absolute Gasteiger partial charge is 0.389 e. The molecular formula is C17H20N2O. The van der Waals surface area contributed by atoms with Crippen LogP contribution in [-0.4, -0.2) is 35.3 Å². The number of hydrazine groups is 1. The molecule has 0 saturated carbocycles. The van der Waals surface area contributed by atoms with Gasteiger partial charge in [-0.1, -0.05) is 60.7 Å². The monoisotopic (exact) mass is 268 g/mol. The third-order valence-electron chi connectivity index (χ3n) is 4.23. The number of nitrogens with zero attached hydrogens (tertiary/aromatic N) is 2. The standard InChI is InChI=1S/C17H20N2O/c1-18-15(13-9-5-3-6-10-13)17(20)16(19(18)2)14-11-7-4-8-12-14/h3-12,15-17,20H,1-2H3. The average molecular weight is 268 g/mol. The molecule has 2 aromatic carbocycles. The van der Waals surface area contributed by atoms with Gasteiger partial charge in [0.25, 0.3) is 0 Å². The fraction of sp³-hybridized carbons (Fsp3) is 0.294. The lowest BCUT2D eigenvalue weighted by Gasteiger charge is -2.27. The summed E-state index contributed by atoms with van der Waals surface area (Å²) in [5.74, 6) is 0. The van der Waals surface area contributed by atoms with Gasteiger partial charge in [-0.2, -0.15) is 0 Å². The number of benzene rings is 2. The minimum Gasteiger partial charge on any atom is -0.389 e. The zero-order chi connectivity index (χ0) is 14.1. The number of aliphatic hydroxyl groups excluding tert-OH is 1. The highest BCUT2D eigenvalue weighted by Crippen LogP contribution is 2.42. The lowest BCUT2D eigenvalue weighted by atomic mass is 9.94. The molecule has 3 heteroatoms. The van der Waals surface area contributed by atoms with Crippen molar-refractivity contribution in [2.24, 2.45) is 0 Å². The Morgan fingerprint density at radius 2 is 1.05 bits per heavy atom. The summed E-state index contributed by atoms with van der Waals surface area (Å²) >= 11 is 0. The number of hydrogen-bond acceptors (Lipinski definition) is 3. The molecule has 1 aliphatic rings. The quantitative estimate of drug-likeness (QED) is 0.907. The van der Waals surface area contributed by atoms with Crippen molar-refractivity contribution in [1.29, 1.82) is 0 Å². The molecule has 1 heterocycles. The topological polar surface area (TPSA) is 26.7 Å². The molecule has 1 fully saturated rings. The fourth-order valence-corrected chi connectivity index (χ4v) is 3.13. The van der Waals surface area contributed by atoms with Crippen molar-refractivity contribution in [3.05, 3.63) is 71.8 Å². The van der Waals surface area contributed by atoms with Crippen molar-refractivity contribution in [3.63, 3.8) is 0 Å². The molecule has 0 aromatic heterocycles. The van der Waals surface area contributed by atoms with E-state index in [1.807, 2.05) is 50.5 Å². The summed E-state index contributed by atoms with van der Waals surface area (Å²) in [5.41, 5.74) is 2.29. The summed E-state index contributed by atoms with van der Waals surface area (Å²) in [5, 5.41) is 15.1. The van der Waals surface area contributed by atoms with Gasteiger partial charge in [-0.15, -0.1) is 0 Å². The van der Waals surface area contributed by atoms with Crippen LogP contribution in [-0.2, 0) is 0 Å². The Labute approximate surface area is 120 Å². The number of aliphatic hydroxyl groups is 1. The Balaban J connectivity index is 1.96. The molecule has 0 bridgehead atoms. The predicted molar refractivity (Wildman–Crippen MR) is 79.9 cm³/mol. The van der Waals surface area contributed by atoms with Crippen LogP contribution in [0.4, 0.5) is 0 Å². The molecule has 104 valence electrons. The fourth-order valence-electron chi connectivity index (χ4n) is 3.13. The molecule has 2 unspecified atom stereocenters. The first-order valence-electron chi connectivity index (χ1n) is 6.93. The van der Waals surface area contributed by atoms with Gasteiger partial charge in [0.15, 0.2) is 0 Å². The maximum absolute atomic E-state index is 10.8. The first-order chi connectivity index (χ1) is 9.70. The van der Waals surface area contributed by atoms with Gasteiger partial charge in [-0.05, 0) is 11.1 Å². The van der Waals surface area contributed by atoms with E-state index in [9.17, 15) is 5.11 Å². The summed E-state index contributed by atoms with van der Waals surface area (Å²) < 4.78 is 0. The molecule has 3 nitrogen and oxygen atoms in total. The van der Waals surface area contributed by atoms with Gasteiger partial charge >= 0.3 is 0 Å². The lowest BCUT2D eigenvalue weighted by molar-refractivity contribution is 0.0252. The molecule has 2 atom stereocenters. The maximum atomic E-state index is 10.8. The van der Waals surface area contributed by atoms with Crippen LogP contribution in [0.1, 0.15) is 23.2 Å². The van der Waals surface area contributed by atoms with E-state index in [1.165, 1.54) is 0 Å². The number of hydrogen-bond donors (Lipinski definition) is 1. The average Bonchev–Trinajstić information content (AvgIpc) is 2.71. The van der Waals surface area contributed by atoms with Gasteiger partial charge in [0.2, 0.25) is 0 Å². The Morgan fingerprint density at radius 1 is 0.700 bits per heavy atom. The van der Waals surface area contributed by atoms with Crippen molar-refractivity contribution in [2.45, 2.75) is 18.2 Å². The summed E-state index contributed by atoms with van der Waals surface area (Å²) in [6.45, 7) is 0. The van der Waals surface area contributed by atoms with Crippen molar-refractivity contribution >= 4 is 0 Å². The van der Waals surface area contributed by atoms with E-state index in [1.54, 1.807) is 0 Å². The van der Waals surface area contributed by atoms with Crippen molar-refractivity contribution in [2.75, 3.05) is 14.1 Å². The highest BCUT2D eigenvalue weighted by molar-refractivity contribution is 5.27. The molecular weight excluding hydrogens is 248 g/mol. The van der Waals surface area contributed by atoms with Crippen molar-refractivity contribution in [3.8, 4) is 0 Å². The first kappa shape index (κ1) is 13.3. The Bertz CT molecular complexity index is 506. The van der Waals surface area contributed by atoms with Crippen LogP contribution in [0.3, 0.4) is 0 Å². The molecule has 0 radical (unpaired) electrons. The van der Waals surface area contributed by atoms with Gasteiger partial charge in [-0.3, -0.25) is 0 Å². The van der Waals surface area contributed by atoms with Gasteiger partial charge < -0.3 is 5.11 Å². The van der Waals surface area contributed by atoms with Crippen LogP contribution in [0.15, 0.2) is 60.7 Å². The Kier molecular flexibility index (Phi) is 3.57. The third-order valence-corrected chi connectivity index (χ3v) is 4.23. The molecule has 0 spiro atoms. The van der Waals surface area contributed by atoms with Crippen LogP contribution in [0, 0.1) is 0 Å². The van der Waals surface area contributed by atoms with E-state index in [4.69, 9.17) is 0 Å². The Hall–Kier alpha value is -1.68. The van der Waals surface area contributed by atoms with Crippen LogP contribution in [0.25, 0.3) is 0 Å². The van der Waals surface area contributed by atoms with Crippen LogP contribution >= 0.6 is 0 Å². The van der Waals surface area contributed by atoms with E-state index in [0.717, 1.165) is 11.1 Å². The van der Waals surface area contributed by atoms with E-state index < -0.39 is 6.10 Å². The van der Waals surface area contributed by atoms with E-state index in [0.29, 0.717) is 0 Å². The minimum absolute atomic E-state index is 0.00796. The maximum Gasteiger partial charge on any atom is 0.0960 e. The molecule has 0 amide bonds. The third kappa shape index (κ3) is 2.14. The molecule has 1 N–H and O–H groups in total.